The van der Waals surface area contributed by atoms with Gasteiger partial charge >= 0.3 is 6.09 Å². The van der Waals surface area contributed by atoms with Crippen LogP contribution in [0.2, 0.25) is 0 Å². The highest BCUT2D eigenvalue weighted by Gasteiger charge is 2.38. The zero-order chi connectivity index (χ0) is 13.1. The number of ether oxygens (including phenoxy) is 1. The molecule has 0 saturated carbocycles. The molecule has 0 aromatic carbocycles. The Bertz CT molecular complexity index is 277. The predicted molar refractivity (Wildman–Crippen MR) is 60.2 cm³/mol. The van der Waals surface area contributed by atoms with E-state index in [0.717, 1.165) is 0 Å². The van der Waals surface area contributed by atoms with Crippen LogP contribution in [0.25, 0.3) is 0 Å². The van der Waals surface area contributed by atoms with Gasteiger partial charge in [-0.05, 0) is 27.2 Å². The number of halogens is 2. The third-order valence-corrected chi connectivity index (χ3v) is 2.36. The molecule has 1 rings (SSSR count). The number of hydrogen-bond donors (Lipinski definition) is 2. The van der Waals surface area contributed by atoms with Gasteiger partial charge in [0.15, 0.2) is 0 Å². The van der Waals surface area contributed by atoms with E-state index < -0.39 is 17.6 Å². The zero-order valence-corrected chi connectivity index (χ0v) is 10.5. The molecule has 1 unspecified atom stereocenters. The predicted octanol–water partition coefficient (Wildman–Crippen LogP) is 1.90. The zero-order valence-electron chi connectivity index (χ0n) is 10.5. The maximum atomic E-state index is 12.8. The van der Waals surface area contributed by atoms with Crippen LogP contribution < -0.4 is 10.6 Å². The smallest absolute Gasteiger partial charge is 0.407 e. The van der Waals surface area contributed by atoms with Gasteiger partial charge in [-0.1, -0.05) is 0 Å². The summed E-state index contributed by atoms with van der Waals surface area (Å²) in [6, 6.07) is -0.236. The van der Waals surface area contributed by atoms with Crippen molar-refractivity contribution in [1.29, 1.82) is 0 Å². The first kappa shape index (κ1) is 14.2. The lowest BCUT2D eigenvalue weighted by atomic mass is 10.1. The quantitative estimate of drug-likeness (QED) is 0.804. The molecule has 1 aliphatic rings. The number of rotatable bonds is 3. The van der Waals surface area contributed by atoms with E-state index in [4.69, 9.17) is 4.74 Å². The second-order valence-electron chi connectivity index (χ2n) is 5.36. The first-order valence-corrected chi connectivity index (χ1v) is 5.76. The van der Waals surface area contributed by atoms with E-state index in [1.54, 1.807) is 20.8 Å². The molecule has 0 spiro atoms. The summed E-state index contributed by atoms with van der Waals surface area (Å²) < 4.78 is 30.7. The van der Waals surface area contributed by atoms with Crippen LogP contribution in [-0.4, -0.2) is 36.7 Å². The Kier molecular flexibility index (Phi) is 4.30. The van der Waals surface area contributed by atoms with Crippen LogP contribution in [0.3, 0.4) is 0 Å². The summed E-state index contributed by atoms with van der Waals surface area (Å²) in [5, 5.41) is 5.27. The highest BCUT2D eigenvalue weighted by Crippen LogP contribution is 2.26. The highest BCUT2D eigenvalue weighted by atomic mass is 19.3. The molecule has 0 bridgehead atoms. The van der Waals surface area contributed by atoms with E-state index in [9.17, 15) is 13.6 Å². The molecule has 0 radical (unpaired) electrons. The number of alkyl carbamates (subject to hydrolysis) is 1. The van der Waals surface area contributed by atoms with Gasteiger partial charge in [-0.15, -0.1) is 0 Å². The Balaban J connectivity index is 2.15. The largest absolute Gasteiger partial charge is 0.444 e. The van der Waals surface area contributed by atoms with Gasteiger partial charge in [-0.25, -0.2) is 13.6 Å². The van der Waals surface area contributed by atoms with E-state index in [-0.39, 0.29) is 19.0 Å². The van der Waals surface area contributed by atoms with Gasteiger partial charge in [-0.3, -0.25) is 0 Å². The molecular weight excluding hydrogens is 230 g/mol. The Morgan fingerprint density at radius 3 is 2.65 bits per heavy atom. The minimum Gasteiger partial charge on any atom is -0.444 e. The molecule has 0 aromatic rings. The van der Waals surface area contributed by atoms with Crippen molar-refractivity contribution in [1.82, 2.24) is 10.6 Å². The summed E-state index contributed by atoms with van der Waals surface area (Å²) in [5.41, 5.74) is -0.539. The number of carbonyl (C=O) groups is 1. The van der Waals surface area contributed by atoms with Gasteiger partial charge in [0.25, 0.3) is 5.92 Å². The molecule has 1 aliphatic heterocycles. The van der Waals surface area contributed by atoms with Crippen molar-refractivity contribution in [3.63, 3.8) is 0 Å². The maximum absolute atomic E-state index is 12.8. The molecule has 0 aromatic heterocycles. The van der Waals surface area contributed by atoms with Crippen LogP contribution in [0, 0.1) is 0 Å². The molecule has 0 aliphatic carbocycles. The Labute approximate surface area is 100 Å². The summed E-state index contributed by atoms with van der Waals surface area (Å²) in [5.74, 6) is -2.61. The fourth-order valence-corrected chi connectivity index (χ4v) is 1.67. The third-order valence-electron chi connectivity index (χ3n) is 2.36. The number of nitrogens with one attached hydrogen (secondary N) is 2. The number of amides is 1. The summed E-state index contributed by atoms with van der Waals surface area (Å²) >= 11 is 0. The van der Waals surface area contributed by atoms with Gasteiger partial charge in [0.2, 0.25) is 0 Å². The van der Waals surface area contributed by atoms with Crippen LogP contribution in [0.5, 0.6) is 0 Å². The number of carbonyl (C=O) groups excluding carboxylic acids is 1. The first-order chi connectivity index (χ1) is 7.68. The summed E-state index contributed by atoms with van der Waals surface area (Å²) in [6.07, 6.45) is -0.195. The summed E-state index contributed by atoms with van der Waals surface area (Å²) in [4.78, 5) is 11.3. The van der Waals surface area contributed by atoms with E-state index in [0.29, 0.717) is 13.0 Å². The van der Waals surface area contributed by atoms with Gasteiger partial charge < -0.3 is 15.4 Å². The SMILES string of the molecule is CC(C)(C)OC(=O)NCCC1CC(F)(F)CN1. The van der Waals surface area contributed by atoms with E-state index in [1.807, 2.05) is 0 Å². The van der Waals surface area contributed by atoms with Gasteiger partial charge in [-0.2, -0.15) is 0 Å². The van der Waals surface area contributed by atoms with E-state index >= 15 is 0 Å². The normalized spacial score (nSPS) is 23.5. The minimum absolute atomic E-state index is 0.164. The minimum atomic E-state index is -2.61. The second kappa shape index (κ2) is 5.16. The van der Waals surface area contributed by atoms with Gasteiger partial charge in [0.05, 0.1) is 6.54 Å². The Morgan fingerprint density at radius 2 is 2.18 bits per heavy atom. The molecule has 1 atom stereocenters. The van der Waals surface area contributed by atoms with E-state index in [2.05, 4.69) is 10.6 Å². The van der Waals surface area contributed by atoms with Gasteiger partial charge in [0.1, 0.15) is 5.60 Å². The molecule has 17 heavy (non-hydrogen) atoms. The Morgan fingerprint density at radius 1 is 1.53 bits per heavy atom. The first-order valence-electron chi connectivity index (χ1n) is 5.76. The molecule has 1 amide bonds. The average Bonchev–Trinajstić information content (AvgIpc) is 2.42. The van der Waals surface area contributed by atoms with Crippen molar-refractivity contribution in [3.05, 3.63) is 0 Å². The van der Waals surface area contributed by atoms with Crippen LogP contribution in [0.4, 0.5) is 13.6 Å². The van der Waals surface area contributed by atoms with Crippen LogP contribution in [0.15, 0.2) is 0 Å². The fourth-order valence-electron chi connectivity index (χ4n) is 1.67. The lowest BCUT2D eigenvalue weighted by Gasteiger charge is -2.20. The van der Waals surface area contributed by atoms with Crippen molar-refractivity contribution < 1.29 is 18.3 Å². The van der Waals surface area contributed by atoms with Crippen molar-refractivity contribution in [2.24, 2.45) is 0 Å². The van der Waals surface area contributed by atoms with Crippen LogP contribution in [-0.2, 0) is 4.74 Å². The lowest BCUT2D eigenvalue weighted by Crippen LogP contribution is -2.35. The molecule has 6 heteroatoms. The molecule has 1 saturated heterocycles. The standard InChI is InChI=1S/C11H20F2N2O2/c1-10(2,3)17-9(16)14-5-4-8-6-11(12,13)7-15-8/h8,15H,4-7H2,1-3H3,(H,14,16). The second-order valence-corrected chi connectivity index (χ2v) is 5.36. The molecule has 100 valence electrons. The van der Waals surface area contributed by atoms with Crippen molar-refractivity contribution >= 4 is 6.09 Å². The number of hydrogen-bond acceptors (Lipinski definition) is 3. The topological polar surface area (TPSA) is 50.4 Å². The lowest BCUT2D eigenvalue weighted by molar-refractivity contribution is 0.0209. The van der Waals surface area contributed by atoms with E-state index in [1.165, 1.54) is 0 Å². The van der Waals surface area contributed by atoms with Crippen molar-refractivity contribution in [2.45, 2.75) is 51.2 Å². The Hall–Kier alpha value is -0.910. The monoisotopic (exact) mass is 250 g/mol. The summed E-state index contributed by atoms with van der Waals surface area (Å²) in [6.45, 7) is 5.37. The average molecular weight is 250 g/mol. The molecule has 2 N–H and O–H groups in total. The third kappa shape index (κ3) is 5.81. The maximum Gasteiger partial charge on any atom is 0.407 e. The molecule has 4 nitrogen and oxygen atoms in total. The highest BCUT2D eigenvalue weighted by molar-refractivity contribution is 5.67. The van der Waals surface area contributed by atoms with Crippen LogP contribution in [0.1, 0.15) is 33.6 Å². The number of alkyl halides is 2. The fraction of sp³-hybridized carbons (Fsp3) is 0.909. The summed E-state index contributed by atoms with van der Waals surface area (Å²) in [7, 11) is 0. The van der Waals surface area contributed by atoms with Crippen molar-refractivity contribution in [2.75, 3.05) is 13.1 Å². The van der Waals surface area contributed by atoms with Crippen LogP contribution >= 0.6 is 0 Å². The van der Waals surface area contributed by atoms with Gasteiger partial charge in [0, 0.05) is 19.0 Å². The van der Waals surface area contributed by atoms with Crippen molar-refractivity contribution in [3.8, 4) is 0 Å². The molecular formula is C11H20F2N2O2. The molecule has 1 heterocycles. The molecule has 1 fully saturated rings.